The molecule has 0 aliphatic heterocycles. The molecule has 0 rings (SSSR count). The lowest BCUT2D eigenvalue weighted by molar-refractivity contribution is 0.0561. The zero-order valence-corrected chi connectivity index (χ0v) is 12.2. The topological polar surface area (TPSA) is 89.0 Å². The Morgan fingerprint density at radius 2 is 1.74 bits per heavy atom. The molecule has 19 heavy (non-hydrogen) atoms. The summed E-state index contributed by atoms with van der Waals surface area (Å²) >= 11 is 0. The summed E-state index contributed by atoms with van der Waals surface area (Å²) in [5, 5.41) is 4.69. The van der Waals surface area contributed by atoms with E-state index in [0.717, 1.165) is 12.8 Å². The van der Waals surface area contributed by atoms with Crippen LogP contribution in [0.3, 0.4) is 0 Å². The van der Waals surface area contributed by atoms with Crippen LogP contribution in [0.4, 0.5) is 9.59 Å². The predicted molar refractivity (Wildman–Crippen MR) is 72.1 cm³/mol. The largest absolute Gasteiger partial charge is 0.453 e. The number of guanidine groups is 1. The first-order valence-corrected chi connectivity index (χ1v) is 6.18. The number of hydrogen-bond acceptors (Lipinski definition) is 5. The van der Waals surface area contributed by atoms with Crippen molar-refractivity contribution in [3.63, 3.8) is 0 Å². The summed E-state index contributed by atoms with van der Waals surface area (Å²) in [7, 11) is 1.23. The summed E-state index contributed by atoms with van der Waals surface area (Å²) in [6, 6.07) is 0. The molecule has 2 N–H and O–H groups in total. The van der Waals surface area contributed by atoms with E-state index in [1.165, 1.54) is 7.11 Å². The van der Waals surface area contributed by atoms with Gasteiger partial charge in [0.05, 0.1) is 7.11 Å². The predicted octanol–water partition coefficient (Wildman–Crippen LogP) is 2.02. The molecule has 0 heterocycles. The maximum absolute atomic E-state index is 11.6. The lowest BCUT2D eigenvalue weighted by Crippen LogP contribution is -2.45. The number of nitrogens with zero attached hydrogens (tertiary/aromatic N) is 1. The van der Waals surface area contributed by atoms with Gasteiger partial charge in [-0.15, -0.1) is 0 Å². The molecule has 7 nitrogen and oxygen atoms in total. The molecule has 0 aromatic carbocycles. The van der Waals surface area contributed by atoms with E-state index in [1.54, 1.807) is 20.8 Å². The van der Waals surface area contributed by atoms with Gasteiger partial charge in [-0.3, -0.25) is 15.6 Å². The van der Waals surface area contributed by atoms with E-state index in [9.17, 15) is 9.59 Å². The number of hydrogen-bond donors (Lipinski definition) is 2. The van der Waals surface area contributed by atoms with Gasteiger partial charge in [-0.05, 0) is 27.2 Å². The first-order valence-electron chi connectivity index (χ1n) is 6.18. The number of aliphatic imine (C=N–C) groups is 1. The summed E-state index contributed by atoms with van der Waals surface area (Å²) in [6.45, 7) is 7.74. The molecule has 0 unspecified atom stereocenters. The monoisotopic (exact) mass is 273 g/mol. The van der Waals surface area contributed by atoms with Crippen LogP contribution in [0.5, 0.6) is 0 Å². The van der Waals surface area contributed by atoms with Gasteiger partial charge in [-0.2, -0.15) is 0 Å². The van der Waals surface area contributed by atoms with Crippen LogP contribution in [0.25, 0.3) is 0 Å². The average molecular weight is 273 g/mol. The molecule has 110 valence electrons. The molecule has 0 fully saturated rings. The third-order valence-electron chi connectivity index (χ3n) is 1.81. The van der Waals surface area contributed by atoms with E-state index >= 15 is 0 Å². The van der Waals surface area contributed by atoms with Crippen molar-refractivity contribution in [1.82, 2.24) is 10.6 Å². The van der Waals surface area contributed by atoms with Crippen molar-refractivity contribution < 1.29 is 19.1 Å². The maximum Gasteiger partial charge on any atom is 0.414 e. The van der Waals surface area contributed by atoms with E-state index in [1.807, 2.05) is 6.92 Å². The van der Waals surface area contributed by atoms with Gasteiger partial charge in [0.25, 0.3) is 0 Å². The number of nitrogens with one attached hydrogen (secondary N) is 2. The molecule has 0 radical (unpaired) electrons. The Balaban J connectivity index is 4.52. The highest BCUT2D eigenvalue weighted by Gasteiger charge is 2.18. The molecule has 0 bridgehead atoms. The Hall–Kier alpha value is -1.79. The fraction of sp³-hybridized carbons (Fsp3) is 0.750. The molecular formula is C12H23N3O4. The van der Waals surface area contributed by atoms with Gasteiger partial charge in [-0.1, -0.05) is 13.3 Å². The second-order valence-corrected chi connectivity index (χ2v) is 4.83. The third kappa shape index (κ3) is 9.87. The van der Waals surface area contributed by atoms with Crippen LogP contribution < -0.4 is 10.6 Å². The van der Waals surface area contributed by atoms with Crippen molar-refractivity contribution in [3.05, 3.63) is 0 Å². The minimum Gasteiger partial charge on any atom is -0.453 e. The number of rotatable bonds is 3. The fourth-order valence-corrected chi connectivity index (χ4v) is 1.01. The Kier molecular flexibility index (Phi) is 7.55. The molecule has 0 aromatic heterocycles. The minimum atomic E-state index is -0.702. The summed E-state index contributed by atoms with van der Waals surface area (Å²) in [5.41, 5.74) is -0.621. The molecule has 0 saturated heterocycles. The SMILES string of the molecule is CCCCN=C(NC(=O)OC)NC(=O)OC(C)(C)C. The Morgan fingerprint density at radius 3 is 2.21 bits per heavy atom. The van der Waals surface area contributed by atoms with Crippen molar-refractivity contribution in [2.75, 3.05) is 13.7 Å². The molecule has 0 atom stereocenters. The molecule has 2 amide bonds. The second kappa shape index (κ2) is 8.34. The molecule has 0 saturated carbocycles. The minimum absolute atomic E-state index is 0.0227. The Morgan fingerprint density at radius 1 is 1.16 bits per heavy atom. The van der Waals surface area contributed by atoms with E-state index < -0.39 is 17.8 Å². The molecule has 7 heteroatoms. The molecule has 0 aromatic rings. The Labute approximate surface area is 113 Å². The van der Waals surface area contributed by atoms with Crippen molar-refractivity contribution in [2.45, 2.75) is 46.1 Å². The highest BCUT2D eigenvalue weighted by molar-refractivity contribution is 6.01. The maximum atomic E-state index is 11.6. The zero-order valence-electron chi connectivity index (χ0n) is 12.2. The van der Waals surface area contributed by atoms with Gasteiger partial charge in [0.2, 0.25) is 5.96 Å². The number of alkyl carbamates (subject to hydrolysis) is 2. The second-order valence-electron chi connectivity index (χ2n) is 4.83. The van der Waals surface area contributed by atoms with E-state index in [-0.39, 0.29) is 5.96 Å². The van der Waals surface area contributed by atoms with Crippen LogP contribution in [-0.4, -0.2) is 37.4 Å². The highest BCUT2D eigenvalue weighted by Crippen LogP contribution is 2.06. The number of methoxy groups -OCH3 is 1. The van der Waals surface area contributed by atoms with E-state index in [4.69, 9.17) is 4.74 Å². The van der Waals surface area contributed by atoms with Crippen LogP contribution in [0.15, 0.2) is 4.99 Å². The van der Waals surface area contributed by atoms with Crippen molar-refractivity contribution in [1.29, 1.82) is 0 Å². The number of unbranched alkanes of at least 4 members (excludes halogenated alkanes) is 1. The number of amides is 2. The smallest absolute Gasteiger partial charge is 0.414 e. The van der Waals surface area contributed by atoms with Crippen molar-refractivity contribution >= 4 is 18.1 Å². The molecule has 0 aliphatic carbocycles. The first kappa shape index (κ1) is 17.2. The fourth-order valence-electron chi connectivity index (χ4n) is 1.01. The lowest BCUT2D eigenvalue weighted by Gasteiger charge is -2.20. The zero-order chi connectivity index (χ0) is 14.9. The quantitative estimate of drug-likeness (QED) is 0.467. The molecule has 0 aliphatic rings. The van der Waals surface area contributed by atoms with E-state index in [2.05, 4.69) is 20.4 Å². The van der Waals surface area contributed by atoms with Gasteiger partial charge < -0.3 is 9.47 Å². The van der Waals surface area contributed by atoms with Crippen LogP contribution in [0, 0.1) is 0 Å². The van der Waals surface area contributed by atoms with Crippen molar-refractivity contribution in [2.24, 2.45) is 4.99 Å². The van der Waals surface area contributed by atoms with Gasteiger partial charge >= 0.3 is 12.2 Å². The van der Waals surface area contributed by atoms with Crippen molar-refractivity contribution in [3.8, 4) is 0 Å². The number of carbonyl (C=O) groups excluding carboxylic acids is 2. The summed E-state index contributed by atoms with van der Waals surface area (Å²) in [4.78, 5) is 26.7. The van der Waals surface area contributed by atoms with E-state index in [0.29, 0.717) is 6.54 Å². The van der Waals surface area contributed by atoms with Gasteiger partial charge in [-0.25, -0.2) is 9.59 Å². The summed E-state index contributed by atoms with van der Waals surface area (Å²) < 4.78 is 9.51. The lowest BCUT2D eigenvalue weighted by atomic mass is 10.2. The highest BCUT2D eigenvalue weighted by atomic mass is 16.6. The van der Waals surface area contributed by atoms with Gasteiger partial charge in [0, 0.05) is 6.54 Å². The van der Waals surface area contributed by atoms with Crippen LogP contribution in [0.1, 0.15) is 40.5 Å². The molecule has 0 spiro atoms. The third-order valence-corrected chi connectivity index (χ3v) is 1.81. The Bertz CT molecular complexity index is 334. The van der Waals surface area contributed by atoms with Gasteiger partial charge in [0.15, 0.2) is 0 Å². The van der Waals surface area contributed by atoms with Gasteiger partial charge in [0.1, 0.15) is 5.60 Å². The molecular weight excluding hydrogens is 250 g/mol. The van der Waals surface area contributed by atoms with Crippen LogP contribution >= 0.6 is 0 Å². The summed E-state index contributed by atoms with van der Waals surface area (Å²) in [5.74, 6) is 0.0227. The standard InChI is InChI=1S/C12H23N3O4/c1-6-7-8-13-9(14-10(16)18-5)15-11(17)19-12(2,3)4/h6-8H2,1-5H3,(H2,13,14,15,16,17). The normalized spacial score (nSPS) is 11.7. The first-order chi connectivity index (χ1) is 8.78. The van der Waals surface area contributed by atoms with Crippen LogP contribution in [0.2, 0.25) is 0 Å². The average Bonchev–Trinajstić information content (AvgIpc) is 2.26. The number of ether oxygens (including phenoxy) is 2. The number of carbonyl (C=O) groups is 2. The van der Waals surface area contributed by atoms with Crippen LogP contribution in [-0.2, 0) is 9.47 Å². The summed E-state index contributed by atoms with van der Waals surface area (Å²) in [6.07, 6.45) is 0.425.